The van der Waals surface area contributed by atoms with Gasteiger partial charge in [-0.2, -0.15) is 0 Å². The topological polar surface area (TPSA) is 130 Å². The Hall–Kier alpha value is -3.14. The summed E-state index contributed by atoms with van der Waals surface area (Å²) in [6, 6.07) is 9.11. The van der Waals surface area contributed by atoms with E-state index in [1.807, 2.05) is 6.92 Å². The minimum absolute atomic E-state index is 0.135. The molecular formula is C20H24N4O5S. The van der Waals surface area contributed by atoms with Gasteiger partial charge in [0.2, 0.25) is 11.8 Å². The summed E-state index contributed by atoms with van der Waals surface area (Å²) in [5, 5.41) is 5.22. The van der Waals surface area contributed by atoms with Crippen molar-refractivity contribution in [2.45, 2.75) is 43.7 Å². The molecule has 30 heavy (non-hydrogen) atoms. The van der Waals surface area contributed by atoms with Crippen LogP contribution in [0.1, 0.15) is 37.5 Å². The zero-order chi connectivity index (χ0) is 21.6. The number of hydrogen-bond donors (Lipinski definition) is 3. The van der Waals surface area contributed by atoms with Crippen LogP contribution in [0.4, 0.5) is 0 Å². The smallest absolute Gasteiger partial charge is 0.263 e. The second-order valence-corrected chi connectivity index (χ2v) is 8.46. The fourth-order valence-electron chi connectivity index (χ4n) is 2.98. The molecule has 0 spiro atoms. The third-order valence-corrected chi connectivity index (χ3v) is 5.94. The molecule has 0 aliphatic carbocycles. The Kier molecular flexibility index (Phi) is 6.88. The van der Waals surface area contributed by atoms with Crippen LogP contribution in [-0.2, 0) is 26.2 Å². The third-order valence-electron chi connectivity index (χ3n) is 4.54. The highest BCUT2D eigenvalue weighted by molar-refractivity contribution is 7.90. The van der Waals surface area contributed by atoms with Gasteiger partial charge >= 0.3 is 0 Å². The summed E-state index contributed by atoms with van der Waals surface area (Å²) >= 11 is 0. The molecule has 1 aliphatic heterocycles. The van der Waals surface area contributed by atoms with Gasteiger partial charge in [-0.15, -0.1) is 0 Å². The van der Waals surface area contributed by atoms with Crippen molar-refractivity contribution >= 4 is 27.7 Å². The van der Waals surface area contributed by atoms with Gasteiger partial charge in [-0.05, 0) is 30.7 Å². The first-order valence-corrected chi connectivity index (χ1v) is 11.2. The van der Waals surface area contributed by atoms with Gasteiger partial charge in [-0.3, -0.25) is 19.3 Å². The van der Waals surface area contributed by atoms with E-state index in [4.69, 9.17) is 4.42 Å². The SMILES string of the molecule is CCCCC(N=C1NS(=O)(=O)c2ccccc21)C(=O)NCC(=O)NCc1ccco1. The van der Waals surface area contributed by atoms with E-state index in [1.54, 1.807) is 30.3 Å². The Balaban J connectivity index is 1.66. The highest BCUT2D eigenvalue weighted by atomic mass is 32.2. The molecule has 10 heteroatoms. The lowest BCUT2D eigenvalue weighted by atomic mass is 10.1. The highest BCUT2D eigenvalue weighted by Crippen LogP contribution is 2.23. The van der Waals surface area contributed by atoms with Gasteiger partial charge in [0, 0.05) is 5.56 Å². The molecule has 3 N–H and O–H groups in total. The van der Waals surface area contributed by atoms with Crippen molar-refractivity contribution in [1.82, 2.24) is 15.4 Å². The quantitative estimate of drug-likeness (QED) is 0.550. The van der Waals surface area contributed by atoms with Crippen LogP contribution in [0, 0.1) is 0 Å². The number of amides is 2. The molecule has 0 fully saturated rings. The van der Waals surface area contributed by atoms with Gasteiger partial charge in [0.05, 0.1) is 24.2 Å². The fourth-order valence-corrected chi connectivity index (χ4v) is 4.22. The van der Waals surface area contributed by atoms with Gasteiger partial charge in [0.1, 0.15) is 17.6 Å². The lowest BCUT2D eigenvalue weighted by Gasteiger charge is -2.14. The van der Waals surface area contributed by atoms with Crippen LogP contribution in [0.15, 0.2) is 57.0 Å². The van der Waals surface area contributed by atoms with Crippen LogP contribution in [0.2, 0.25) is 0 Å². The summed E-state index contributed by atoms with van der Waals surface area (Å²) in [7, 11) is -3.69. The van der Waals surface area contributed by atoms with E-state index in [9.17, 15) is 18.0 Å². The molecule has 1 unspecified atom stereocenters. The average molecular weight is 433 g/mol. The number of fused-ring (bicyclic) bond motifs is 1. The predicted molar refractivity (Wildman–Crippen MR) is 110 cm³/mol. The summed E-state index contributed by atoms with van der Waals surface area (Å²) in [6.45, 7) is 1.99. The number of sulfonamides is 1. The van der Waals surface area contributed by atoms with Crippen LogP contribution < -0.4 is 15.4 Å². The standard InChI is InChI=1S/C20H24N4O5S/c1-2-3-9-16(20(26)22-13-18(25)21-12-14-7-6-11-29-14)23-19-15-8-4-5-10-17(15)30(27,28)24-19/h4-8,10-11,16H,2-3,9,12-13H2,1H3,(H,21,25)(H,22,26)(H,23,24). The minimum atomic E-state index is -3.69. The molecule has 2 aromatic rings. The van der Waals surface area contributed by atoms with Crippen molar-refractivity contribution in [2.75, 3.05) is 6.54 Å². The number of furan rings is 1. The Labute approximate surface area is 175 Å². The average Bonchev–Trinajstić information content (AvgIpc) is 3.34. The number of benzene rings is 1. The number of carbonyl (C=O) groups excluding carboxylic acids is 2. The summed E-state index contributed by atoms with van der Waals surface area (Å²) < 4.78 is 32.1. The van der Waals surface area contributed by atoms with Crippen molar-refractivity contribution in [3.05, 3.63) is 54.0 Å². The van der Waals surface area contributed by atoms with Crippen LogP contribution in [0.25, 0.3) is 0 Å². The number of nitrogens with one attached hydrogen (secondary N) is 3. The fraction of sp³-hybridized carbons (Fsp3) is 0.350. The van der Waals surface area contributed by atoms with Gasteiger partial charge in [0.15, 0.2) is 0 Å². The van der Waals surface area contributed by atoms with Crippen molar-refractivity contribution < 1.29 is 22.4 Å². The maximum absolute atomic E-state index is 12.7. The van der Waals surface area contributed by atoms with Crippen molar-refractivity contribution in [2.24, 2.45) is 4.99 Å². The number of aliphatic imine (C=N–C) groups is 1. The number of rotatable bonds is 9. The Morgan fingerprint density at radius 3 is 2.70 bits per heavy atom. The molecule has 1 aromatic heterocycles. The first-order valence-electron chi connectivity index (χ1n) is 9.67. The molecular weight excluding hydrogens is 408 g/mol. The number of nitrogens with zero attached hydrogens (tertiary/aromatic N) is 1. The first-order chi connectivity index (χ1) is 14.4. The number of carbonyl (C=O) groups is 2. The van der Waals surface area contributed by atoms with Gasteiger partial charge in [-0.1, -0.05) is 31.9 Å². The number of amidine groups is 1. The lowest BCUT2D eigenvalue weighted by molar-refractivity contribution is -0.127. The van der Waals surface area contributed by atoms with Crippen LogP contribution in [-0.4, -0.2) is 38.7 Å². The molecule has 1 atom stereocenters. The lowest BCUT2D eigenvalue weighted by Crippen LogP contribution is -2.41. The van der Waals surface area contributed by atoms with E-state index in [0.717, 1.165) is 12.8 Å². The Bertz CT molecular complexity index is 1030. The molecule has 0 bridgehead atoms. The van der Waals surface area contributed by atoms with Crippen molar-refractivity contribution in [3.63, 3.8) is 0 Å². The summed E-state index contributed by atoms with van der Waals surface area (Å²) in [5.74, 6) is -0.0561. The Morgan fingerprint density at radius 1 is 1.17 bits per heavy atom. The van der Waals surface area contributed by atoms with Crippen molar-refractivity contribution in [3.8, 4) is 0 Å². The molecule has 2 amide bonds. The molecule has 1 aliphatic rings. The third kappa shape index (κ3) is 5.26. The predicted octanol–water partition coefficient (Wildman–Crippen LogP) is 1.31. The van der Waals surface area contributed by atoms with Gasteiger partial charge in [-0.25, -0.2) is 8.42 Å². The molecule has 1 aromatic carbocycles. The van der Waals surface area contributed by atoms with Crippen LogP contribution in [0.5, 0.6) is 0 Å². The molecule has 3 rings (SSSR count). The second kappa shape index (κ2) is 9.57. The maximum Gasteiger partial charge on any atom is 0.263 e. The van der Waals surface area contributed by atoms with Crippen molar-refractivity contribution in [1.29, 1.82) is 0 Å². The van der Waals surface area contributed by atoms with E-state index in [1.165, 1.54) is 12.3 Å². The Morgan fingerprint density at radius 2 is 1.97 bits per heavy atom. The molecule has 2 heterocycles. The first kappa shape index (κ1) is 21.6. The summed E-state index contributed by atoms with van der Waals surface area (Å²) in [6.07, 6.45) is 3.52. The maximum atomic E-state index is 12.7. The number of hydrogen-bond acceptors (Lipinski definition) is 6. The molecule has 0 radical (unpaired) electrons. The molecule has 0 saturated heterocycles. The van der Waals surface area contributed by atoms with E-state index >= 15 is 0 Å². The number of unbranched alkanes of at least 4 members (excludes halogenated alkanes) is 1. The molecule has 160 valence electrons. The minimum Gasteiger partial charge on any atom is -0.467 e. The summed E-state index contributed by atoms with van der Waals surface area (Å²) in [4.78, 5) is 29.1. The normalized spacial score (nSPS) is 16.5. The molecule has 0 saturated carbocycles. The van der Waals surface area contributed by atoms with E-state index in [2.05, 4.69) is 20.3 Å². The largest absolute Gasteiger partial charge is 0.467 e. The zero-order valence-corrected chi connectivity index (χ0v) is 17.4. The second-order valence-electron chi connectivity index (χ2n) is 6.81. The van der Waals surface area contributed by atoms with E-state index in [0.29, 0.717) is 17.7 Å². The van der Waals surface area contributed by atoms with Crippen LogP contribution in [0.3, 0.4) is 0 Å². The monoisotopic (exact) mass is 432 g/mol. The highest BCUT2D eigenvalue weighted by Gasteiger charge is 2.31. The van der Waals surface area contributed by atoms with E-state index < -0.39 is 22.0 Å². The summed E-state index contributed by atoms with van der Waals surface area (Å²) in [5.41, 5.74) is 0.433. The zero-order valence-electron chi connectivity index (χ0n) is 16.6. The van der Waals surface area contributed by atoms with Gasteiger partial charge < -0.3 is 15.1 Å². The van der Waals surface area contributed by atoms with E-state index in [-0.39, 0.29) is 29.7 Å². The van der Waals surface area contributed by atoms with Gasteiger partial charge in [0.25, 0.3) is 10.0 Å². The van der Waals surface area contributed by atoms with Crippen LogP contribution >= 0.6 is 0 Å². The molecule has 9 nitrogen and oxygen atoms in total.